The number of aryl methyl sites for hydroxylation is 1. The molecule has 0 aromatic carbocycles. The predicted molar refractivity (Wildman–Crippen MR) is 78.1 cm³/mol. The van der Waals surface area contributed by atoms with E-state index < -0.39 is 0 Å². The maximum absolute atomic E-state index is 4.62. The average Bonchev–Trinajstić information content (AvgIpc) is 2.37. The number of hydrogen-bond acceptors (Lipinski definition) is 4. The van der Waals surface area contributed by atoms with E-state index in [1.807, 2.05) is 32.2 Å². The molecule has 4 heteroatoms. The topological polar surface area (TPSA) is 50.7 Å². The lowest BCUT2D eigenvalue weighted by molar-refractivity contribution is 0.635. The van der Waals surface area contributed by atoms with Gasteiger partial charge in [0.2, 0.25) is 0 Å². The molecule has 0 fully saturated rings. The number of nitrogens with one attached hydrogen (secondary N) is 1. The van der Waals surface area contributed by atoms with Crippen LogP contribution in [0.2, 0.25) is 0 Å². The average molecular weight is 256 g/mol. The van der Waals surface area contributed by atoms with Crippen LogP contribution < -0.4 is 5.32 Å². The fourth-order valence-corrected chi connectivity index (χ4v) is 1.92. The molecule has 2 heterocycles. The number of aromatic nitrogens is 3. The summed E-state index contributed by atoms with van der Waals surface area (Å²) in [4.78, 5) is 13.5. The molecule has 100 valence electrons. The van der Waals surface area contributed by atoms with E-state index in [0.29, 0.717) is 11.7 Å². The summed E-state index contributed by atoms with van der Waals surface area (Å²) in [7, 11) is 1.87. The number of rotatable bonds is 4. The molecule has 2 aromatic heterocycles. The van der Waals surface area contributed by atoms with Gasteiger partial charge in [-0.05, 0) is 37.0 Å². The van der Waals surface area contributed by atoms with Gasteiger partial charge in [0.1, 0.15) is 11.5 Å². The van der Waals surface area contributed by atoms with E-state index in [4.69, 9.17) is 0 Å². The van der Waals surface area contributed by atoms with Crippen LogP contribution in [0.5, 0.6) is 0 Å². The van der Waals surface area contributed by atoms with Crippen molar-refractivity contribution in [2.24, 2.45) is 5.92 Å². The Kier molecular flexibility index (Phi) is 4.10. The predicted octanol–water partition coefficient (Wildman–Crippen LogP) is 3.09. The molecule has 0 saturated heterocycles. The lowest BCUT2D eigenvalue weighted by Gasteiger charge is -2.09. The normalized spacial score (nSPS) is 10.8. The van der Waals surface area contributed by atoms with Crippen molar-refractivity contribution < 1.29 is 0 Å². The number of pyridine rings is 1. The zero-order valence-corrected chi connectivity index (χ0v) is 11.9. The zero-order chi connectivity index (χ0) is 13.8. The van der Waals surface area contributed by atoms with Crippen molar-refractivity contribution in [3.63, 3.8) is 0 Å². The summed E-state index contributed by atoms with van der Waals surface area (Å²) in [5.41, 5.74) is 3.03. The molecular weight excluding hydrogens is 236 g/mol. The summed E-state index contributed by atoms with van der Waals surface area (Å²) in [6.45, 7) is 6.42. The molecule has 2 aromatic rings. The molecule has 0 bridgehead atoms. The van der Waals surface area contributed by atoms with Gasteiger partial charge in [-0.2, -0.15) is 0 Å². The molecule has 0 amide bonds. The second-order valence-electron chi connectivity index (χ2n) is 5.13. The van der Waals surface area contributed by atoms with Crippen LogP contribution in [-0.4, -0.2) is 22.0 Å². The Morgan fingerprint density at radius 3 is 2.63 bits per heavy atom. The maximum atomic E-state index is 4.62. The SMILES string of the molecule is CNc1cc(CC(C)C)nc(-c2cc(C)ccn2)n1. The Bertz CT molecular complexity index is 564. The number of anilines is 1. The fourth-order valence-electron chi connectivity index (χ4n) is 1.92. The van der Waals surface area contributed by atoms with Gasteiger partial charge in [0, 0.05) is 25.0 Å². The van der Waals surface area contributed by atoms with Gasteiger partial charge in [-0.3, -0.25) is 4.98 Å². The van der Waals surface area contributed by atoms with E-state index in [2.05, 4.69) is 34.1 Å². The minimum Gasteiger partial charge on any atom is -0.373 e. The van der Waals surface area contributed by atoms with Crippen LogP contribution in [0.4, 0.5) is 5.82 Å². The highest BCUT2D eigenvalue weighted by molar-refractivity contribution is 5.53. The van der Waals surface area contributed by atoms with Crippen molar-refractivity contribution in [1.82, 2.24) is 15.0 Å². The first-order valence-corrected chi connectivity index (χ1v) is 6.57. The maximum Gasteiger partial charge on any atom is 0.180 e. The van der Waals surface area contributed by atoms with Gasteiger partial charge in [0.25, 0.3) is 0 Å². The minimum absolute atomic E-state index is 0.568. The third-order valence-electron chi connectivity index (χ3n) is 2.80. The van der Waals surface area contributed by atoms with E-state index in [1.54, 1.807) is 6.20 Å². The zero-order valence-electron chi connectivity index (χ0n) is 11.9. The summed E-state index contributed by atoms with van der Waals surface area (Å²) in [6.07, 6.45) is 2.73. The van der Waals surface area contributed by atoms with Gasteiger partial charge < -0.3 is 5.32 Å². The standard InChI is InChI=1S/C15H20N4/c1-10(2)7-12-9-14(16-4)19-15(18-12)13-8-11(3)5-6-17-13/h5-6,8-10H,7H2,1-4H3,(H,16,18,19). The molecule has 0 aliphatic carbocycles. The highest BCUT2D eigenvalue weighted by Gasteiger charge is 2.09. The number of hydrogen-bond donors (Lipinski definition) is 1. The van der Waals surface area contributed by atoms with Crippen molar-refractivity contribution in [3.05, 3.63) is 35.7 Å². The van der Waals surface area contributed by atoms with Gasteiger partial charge in [0.05, 0.1) is 0 Å². The summed E-state index contributed by atoms with van der Waals surface area (Å²) in [6, 6.07) is 5.98. The molecule has 0 spiro atoms. The fraction of sp³-hybridized carbons (Fsp3) is 0.400. The lowest BCUT2D eigenvalue weighted by atomic mass is 10.1. The van der Waals surface area contributed by atoms with Crippen LogP contribution in [-0.2, 0) is 6.42 Å². The first-order valence-electron chi connectivity index (χ1n) is 6.57. The van der Waals surface area contributed by atoms with Crippen LogP contribution in [0, 0.1) is 12.8 Å². The van der Waals surface area contributed by atoms with Crippen molar-refractivity contribution >= 4 is 5.82 Å². The molecule has 4 nitrogen and oxygen atoms in total. The van der Waals surface area contributed by atoms with E-state index in [-0.39, 0.29) is 0 Å². The Balaban J connectivity index is 2.44. The van der Waals surface area contributed by atoms with E-state index in [0.717, 1.165) is 29.2 Å². The lowest BCUT2D eigenvalue weighted by Crippen LogP contribution is -2.04. The molecule has 0 saturated carbocycles. The van der Waals surface area contributed by atoms with Gasteiger partial charge in [-0.15, -0.1) is 0 Å². The largest absolute Gasteiger partial charge is 0.373 e. The first-order chi connectivity index (χ1) is 9.08. The van der Waals surface area contributed by atoms with Crippen LogP contribution in [0.3, 0.4) is 0 Å². The van der Waals surface area contributed by atoms with Crippen LogP contribution in [0.1, 0.15) is 25.1 Å². The quantitative estimate of drug-likeness (QED) is 0.913. The Morgan fingerprint density at radius 1 is 1.21 bits per heavy atom. The third-order valence-corrected chi connectivity index (χ3v) is 2.80. The second kappa shape index (κ2) is 5.78. The Hall–Kier alpha value is -1.97. The highest BCUT2D eigenvalue weighted by atomic mass is 15.0. The summed E-state index contributed by atoms with van der Waals surface area (Å²) in [5, 5.41) is 3.09. The molecule has 19 heavy (non-hydrogen) atoms. The van der Waals surface area contributed by atoms with Crippen molar-refractivity contribution in [2.75, 3.05) is 12.4 Å². The molecule has 0 aliphatic rings. The van der Waals surface area contributed by atoms with Crippen LogP contribution in [0.25, 0.3) is 11.5 Å². The van der Waals surface area contributed by atoms with Gasteiger partial charge in [-0.25, -0.2) is 9.97 Å². The Labute approximate surface area is 114 Å². The van der Waals surface area contributed by atoms with E-state index >= 15 is 0 Å². The van der Waals surface area contributed by atoms with Crippen molar-refractivity contribution in [1.29, 1.82) is 0 Å². The molecule has 0 aliphatic heterocycles. The van der Waals surface area contributed by atoms with E-state index in [9.17, 15) is 0 Å². The smallest absolute Gasteiger partial charge is 0.180 e. The second-order valence-corrected chi connectivity index (χ2v) is 5.13. The van der Waals surface area contributed by atoms with E-state index in [1.165, 1.54) is 0 Å². The van der Waals surface area contributed by atoms with Crippen LogP contribution >= 0.6 is 0 Å². The number of nitrogens with zero attached hydrogens (tertiary/aromatic N) is 3. The molecule has 2 rings (SSSR count). The monoisotopic (exact) mass is 256 g/mol. The summed E-state index contributed by atoms with van der Waals surface area (Å²) < 4.78 is 0. The first kappa shape index (κ1) is 13.5. The minimum atomic E-state index is 0.568. The van der Waals surface area contributed by atoms with Crippen molar-refractivity contribution in [3.8, 4) is 11.5 Å². The molecule has 1 N–H and O–H groups in total. The molecule has 0 atom stereocenters. The molecule has 0 unspecified atom stereocenters. The molecule has 0 radical (unpaired) electrons. The summed E-state index contributed by atoms with van der Waals surface area (Å²) >= 11 is 0. The highest BCUT2D eigenvalue weighted by Crippen LogP contribution is 2.18. The summed E-state index contributed by atoms with van der Waals surface area (Å²) in [5.74, 6) is 2.09. The Morgan fingerprint density at radius 2 is 2.00 bits per heavy atom. The third kappa shape index (κ3) is 3.50. The van der Waals surface area contributed by atoms with Crippen molar-refractivity contribution in [2.45, 2.75) is 27.2 Å². The van der Waals surface area contributed by atoms with Gasteiger partial charge in [0.15, 0.2) is 5.82 Å². The molecular formula is C15H20N4. The van der Waals surface area contributed by atoms with Gasteiger partial charge >= 0.3 is 0 Å². The van der Waals surface area contributed by atoms with Gasteiger partial charge in [-0.1, -0.05) is 13.8 Å². The van der Waals surface area contributed by atoms with Crippen LogP contribution in [0.15, 0.2) is 24.4 Å².